The van der Waals surface area contributed by atoms with Crippen molar-refractivity contribution < 1.29 is 9.53 Å². The third-order valence-corrected chi connectivity index (χ3v) is 4.42. The smallest absolute Gasteiger partial charge is 0.129 e. The molecule has 0 amide bonds. The Bertz CT molecular complexity index is 429. The maximum atomic E-state index is 11.2. The normalized spacial score (nSPS) is 18.7. The van der Waals surface area contributed by atoms with Crippen LogP contribution in [0.1, 0.15) is 57.1 Å². The molecule has 1 aliphatic heterocycles. The summed E-state index contributed by atoms with van der Waals surface area (Å²) in [5, 5.41) is 0. The zero-order valence-electron chi connectivity index (χ0n) is 12.2. The number of rotatable bonds is 6. The van der Waals surface area contributed by atoms with Crippen molar-refractivity contribution in [2.24, 2.45) is 0 Å². The summed E-state index contributed by atoms with van der Waals surface area (Å²) in [4.78, 5) is 11.2. The number of Topliss-reactive ketones (excluding diaryl/α,β-unsaturated/α-hetero) is 1. The highest BCUT2D eigenvalue weighted by Gasteiger charge is 2.39. The summed E-state index contributed by atoms with van der Waals surface area (Å²) in [6.07, 6.45) is 2.72. The van der Waals surface area contributed by atoms with Gasteiger partial charge in [0, 0.05) is 11.8 Å². The zero-order valence-corrected chi connectivity index (χ0v) is 12.2. The second-order valence-electron chi connectivity index (χ2n) is 5.91. The topological polar surface area (TPSA) is 26.3 Å². The molecule has 2 nitrogen and oxygen atoms in total. The lowest BCUT2D eigenvalue weighted by Crippen LogP contribution is -2.47. The van der Waals surface area contributed by atoms with E-state index in [0.717, 1.165) is 26.1 Å². The number of ether oxygens (including phenoxy) is 1. The number of benzene rings is 1. The molecular weight excluding hydrogens is 236 g/mol. The molecule has 1 fully saturated rings. The average molecular weight is 260 g/mol. The van der Waals surface area contributed by atoms with Crippen molar-refractivity contribution in [2.45, 2.75) is 51.4 Å². The van der Waals surface area contributed by atoms with E-state index in [1.165, 1.54) is 11.1 Å². The SMILES string of the molecule is CCC(C)c1ccc(C2(CCC(C)=O)COC2)cc1. The molecule has 1 unspecified atom stereocenters. The minimum Gasteiger partial charge on any atom is -0.379 e. The van der Waals surface area contributed by atoms with Crippen LogP contribution in [-0.4, -0.2) is 19.0 Å². The fourth-order valence-corrected chi connectivity index (χ4v) is 2.62. The van der Waals surface area contributed by atoms with Gasteiger partial charge in [-0.25, -0.2) is 0 Å². The van der Waals surface area contributed by atoms with Gasteiger partial charge in [0.25, 0.3) is 0 Å². The van der Waals surface area contributed by atoms with Crippen molar-refractivity contribution >= 4 is 5.78 Å². The summed E-state index contributed by atoms with van der Waals surface area (Å²) >= 11 is 0. The van der Waals surface area contributed by atoms with E-state index < -0.39 is 0 Å². The van der Waals surface area contributed by atoms with E-state index in [2.05, 4.69) is 38.1 Å². The number of carbonyl (C=O) groups excluding carboxylic acids is 1. The van der Waals surface area contributed by atoms with E-state index in [4.69, 9.17) is 4.74 Å². The van der Waals surface area contributed by atoms with Gasteiger partial charge in [0.1, 0.15) is 5.78 Å². The predicted octanol–water partition coefficient (Wildman–Crippen LogP) is 3.84. The summed E-state index contributed by atoms with van der Waals surface area (Å²) in [5.41, 5.74) is 2.81. The highest BCUT2D eigenvalue weighted by Crippen LogP contribution is 2.37. The molecule has 2 rings (SSSR count). The lowest BCUT2D eigenvalue weighted by molar-refractivity contribution is -0.119. The van der Waals surface area contributed by atoms with Crippen LogP contribution in [0, 0.1) is 0 Å². The van der Waals surface area contributed by atoms with Crippen LogP contribution in [0.3, 0.4) is 0 Å². The number of hydrogen-bond acceptors (Lipinski definition) is 2. The molecule has 0 aromatic heterocycles. The highest BCUT2D eigenvalue weighted by atomic mass is 16.5. The van der Waals surface area contributed by atoms with Crippen molar-refractivity contribution in [1.29, 1.82) is 0 Å². The molecule has 1 aromatic rings. The number of hydrogen-bond donors (Lipinski definition) is 0. The van der Waals surface area contributed by atoms with Gasteiger partial charge in [-0.3, -0.25) is 0 Å². The zero-order chi connectivity index (χ0) is 13.9. The molecule has 19 heavy (non-hydrogen) atoms. The summed E-state index contributed by atoms with van der Waals surface area (Å²) in [6.45, 7) is 7.64. The first-order valence-corrected chi connectivity index (χ1v) is 7.25. The first-order chi connectivity index (χ1) is 9.07. The Morgan fingerprint density at radius 3 is 2.37 bits per heavy atom. The maximum Gasteiger partial charge on any atom is 0.129 e. The summed E-state index contributed by atoms with van der Waals surface area (Å²) in [7, 11) is 0. The van der Waals surface area contributed by atoms with Gasteiger partial charge >= 0.3 is 0 Å². The van der Waals surface area contributed by atoms with E-state index >= 15 is 0 Å². The molecule has 1 atom stereocenters. The Morgan fingerprint density at radius 2 is 1.95 bits per heavy atom. The molecule has 0 saturated carbocycles. The molecule has 0 N–H and O–H groups in total. The molecular formula is C17H24O2. The third kappa shape index (κ3) is 3.06. The molecule has 0 radical (unpaired) electrons. The van der Waals surface area contributed by atoms with Crippen LogP contribution in [0.4, 0.5) is 0 Å². The van der Waals surface area contributed by atoms with Crippen LogP contribution >= 0.6 is 0 Å². The number of ketones is 1. The van der Waals surface area contributed by atoms with Gasteiger partial charge in [-0.05, 0) is 36.8 Å². The largest absolute Gasteiger partial charge is 0.379 e. The van der Waals surface area contributed by atoms with Crippen molar-refractivity contribution in [2.75, 3.05) is 13.2 Å². The van der Waals surface area contributed by atoms with Crippen molar-refractivity contribution in [3.8, 4) is 0 Å². The maximum absolute atomic E-state index is 11.2. The molecule has 1 saturated heterocycles. The van der Waals surface area contributed by atoms with E-state index in [1.54, 1.807) is 6.92 Å². The van der Waals surface area contributed by atoms with Gasteiger partial charge in [0.2, 0.25) is 0 Å². The van der Waals surface area contributed by atoms with Gasteiger partial charge in [-0.2, -0.15) is 0 Å². The minimum atomic E-state index is 0.0830. The first-order valence-electron chi connectivity index (χ1n) is 7.25. The third-order valence-electron chi connectivity index (χ3n) is 4.42. The van der Waals surface area contributed by atoms with Gasteiger partial charge in [0.05, 0.1) is 13.2 Å². The Labute approximate surface area is 116 Å². The minimum absolute atomic E-state index is 0.0830. The predicted molar refractivity (Wildman–Crippen MR) is 77.6 cm³/mol. The van der Waals surface area contributed by atoms with E-state index in [-0.39, 0.29) is 11.2 Å². The second kappa shape index (κ2) is 5.87. The van der Waals surface area contributed by atoms with Gasteiger partial charge in [0.15, 0.2) is 0 Å². The van der Waals surface area contributed by atoms with Crippen LogP contribution in [0.25, 0.3) is 0 Å². The average Bonchev–Trinajstić information content (AvgIpc) is 2.37. The van der Waals surface area contributed by atoms with Crippen LogP contribution in [-0.2, 0) is 14.9 Å². The Kier molecular flexibility index (Phi) is 4.41. The van der Waals surface area contributed by atoms with Crippen molar-refractivity contribution in [1.82, 2.24) is 0 Å². The highest BCUT2D eigenvalue weighted by molar-refractivity contribution is 5.75. The molecule has 2 heteroatoms. The fraction of sp³-hybridized carbons (Fsp3) is 0.588. The van der Waals surface area contributed by atoms with Crippen LogP contribution < -0.4 is 0 Å². The Balaban J connectivity index is 2.12. The van der Waals surface area contributed by atoms with Gasteiger partial charge < -0.3 is 9.53 Å². The molecule has 1 heterocycles. The second-order valence-corrected chi connectivity index (χ2v) is 5.91. The number of carbonyl (C=O) groups is 1. The van der Waals surface area contributed by atoms with Crippen molar-refractivity contribution in [3.63, 3.8) is 0 Å². The van der Waals surface area contributed by atoms with Gasteiger partial charge in [-0.15, -0.1) is 0 Å². The Morgan fingerprint density at radius 1 is 1.32 bits per heavy atom. The summed E-state index contributed by atoms with van der Waals surface area (Å²) in [5.74, 6) is 0.877. The van der Waals surface area contributed by atoms with Crippen LogP contribution in [0.2, 0.25) is 0 Å². The van der Waals surface area contributed by atoms with Crippen LogP contribution in [0.15, 0.2) is 24.3 Å². The molecule has 1 aliphatic rings. The molecule has 0 spiro atoms. The molecule has 1 aromatic carbocycles. The molecule has 104 valence electrons. The fourth-order valence-electron chi connectivity index (χ4n) is 2.62. The first kappa shape index (κ1) is 14.3. The summed E-state index contributed by atoms with van der Waals surface area (Å²) < 4.78 is 5.41. The standard InChI is InChI=1S/C17H24O2/c1-4-13(2)15-5-7-16(8-6-15)17(11-19-12-17)10-9-14(3)18/h5-8,13H,4,9-12H2,1-3H3. The van der Waals surface area contributed by atoms with Gasteiger partial charge in [-0.1, -0.05) is 38.1 Å². The van der Waals surface area contributed by atoms with E-state index in [1.807, 2.05) is 0 Å². The quantitative estimate of drug-likeness (QED) is 0.777. The van der Waals surface area contributed by atoms with E-state index in [9.17, 15) is 4.79 Å². The Hall–Kier alpha value is -1.15. The lowest BCUT2D eigenvalue weighted by atomic mass is 9.74. The molecule has 0 aliphatic carbocycles. The molecule has 0 bridgehead atoms. The lowest BCUT2D eigenvalue weighted by Gasteiger charge is -2.42. The van der Waals surface area contributed by atoms with Crippen LogP contribution in [0.5, 0.6) is 0 Å². The van der Waals surface area contributed by atoms with Crippen molar-refractivity contribution in [3.05, 3.63) is 35.4 Å². The summed E-state index contributed by atoms with van der Waals surface area (Å²) in [6, 6.07) is 8.92. The monoisotopic (exact) mass is 260 g/mol. The van der Waals surface area contributed by atoms with E-state index in [0.29, 0.717) is 12.3 Å².